The van der Waals surface area contributed by atoms with Gasteiger partial charge in [-0.3, -0.25) is 0 Å². The normalized spacial score (nSPS) is 10.7. The fourth-order valence-electron chi connectivity index (χ4n) is 1.69. The molecule has 2 aromatic heterocycles. The summed E-state index contributed by atoms with van der Waals surface area (Å²) >= 11 is 5.93. The fourth-order valence-corrected chi connectivity index (χ4v) is 1.89. The van der Waals surface area contributed by atoms with Gasteiger partial charge in [-0.05, 0) is 0 Å². The van der Waals surface area contributed by atoms with Crippen molar-refractivity contribution in [1.29, 1.82) is 0 Å². The molecule has 0 aliphatic carbocycles. The summed E-state index contributed by atoms with van der Waals surface area (Å²) in [5.41, 5.74) is 0. The molecule has 0 spiro atoms. The zero-order valence-electron chi connectivity index (χ0n) is 10.9. The van der Waals surface area contributed by atoms with Crippen molar-refractivity contribution in [3.8, 4) is 0 Å². The van der Waals surface area contributed by atoms with Crippen LogP contribution in [0.3, 0.4) is 0 Å². The van der Waals surface area contributed by atoms with Crippen molar-refractivity contribution in [3.05, 3.63) is 35.3 Å². The maximum absolute atomic E-state index is 5.93. The highest BCUT2D eigenvalue weighted by molar-refractivity contribution is 6.29. The molecule has 2 rings (SSSR count). The summed E-state index contributed by atoms with van der Waals surface area (Å²) in [5, 5.41) is 3.61. The number of nitrogens with one attached hydrogen (secondary N) is 1. The minimum absolute atomic E-state index is 0.342. The number of methoxy groups -OCH3 is 1. The monoisotopic (exact) mass is 281 g/mol. The van der Waals surface area contributed by atoms with Gasteiger partial charge in [0.15, 0.2) is 5.82 Å². The number of imidazole rings is 1. The van der Waals surface area contributed by atoms with Crippen LogP contribution in [0.4, 0.5) is 5.82 Å². The third kappa shape index (κ3) is 3.90. The average molecular weight is 282 g/mol. The number of halogens is 1. The molecule has 0 aromatic carbocycles. The van der Waals surface area contributed by atoms with Crippen molar-refractivity contribution < 1.29 is 4.74 Å². The van der Waals surface area contributed by atoms with E-state index in [4.69, 9.17) is 16.3 Å². The largest absolute Gasteiger partial charge is 0.377 e. The Morgan fingerprint density at radius 3 is 2.95 bits per heavy atom. The zero-order valence-corrected chi connectivity index (χ0v) is 11.7. The number of ether oxygens (including phenoxy) is 1. The topological polar surface area (TPSA) is 64.9 Å². The van der Waals surface area contributed by atoms with E-state index in [0.29, 0.717) is 23.4 Å². The number of aryl methyl sites for hydroxylation is 1. The first kappa shape index (κ1) is 13.8. The van der Waals surface area contributed by atoms with Gasteiger partial charge in [0.25, 0.3) is 0 Å². The molecule has 0 saturated carbocycles. The standard InChI is InChI=1S/C12H16ClN5O/c1-18-6-5-15-12(18)3-4-14-10-7-9(13)16-11(17-10)8-19-2/h5-7H,3-4,8H2,1-2H3,(H,14,16,17). The Labute approximate surface area is 116 Å². The van der Waals surface area contributed by atoms with Gasteiger partial charge in [0.1, 0.15) is 23.4 Å². The number of hydrogen-bond acceptors (Lipinski definition) is 5. The Bertz CT molecular complexity index is 543. The first-order valence-electron chi connectivity index (χ1n) is 5.91. The Balaban J connectivity index is 1.94. The predicted molar refractivity (Wildman–Crippen MR) is 73.2 cm³/mol. The lowest BCUT2D eigenvalue weighted by Crippen LogP contribution is -2.11. The van der Waals surface area contributed by atoms with Crippen molar-refractivity contribution in [2.24, 2.45) is 7.05 Å². The van der Waals surface area contributed by atoms with E-state index in [1.807, 2.05) is 17.8 Å². The summed E-state index contributed by atoms with van der Waals surface area (Å²) in [6.07, 6.45) is 4.52. The Morgan fingerprint density at radius 1 is 1.42 bits per heavy atom. The summed E-state index contributed by atoms with van der Waals surface area (Å²) < 4.78 is 6.98. The number of aromatic nitrogens is 4. The molecule has 0 saturated heterocycles. The zero-order chi connectivity index (χ0) is 13.7. The van der Waals surface area contributed by atoms with Gasteiger partial charge in [-0.2, -0.15) is 0 Å². The maximum atomic E-state index is 5.93. The van der Waals surface area contributed by atoms with Crippen molar-refractivity contribution in [2.75, 3.05) is 19.0 Å². The second-order valence-electron chi connectivity index (χ2n) is 4.06. The lowest BCUT2D eigenvalue weighted by Gasteiger charge is -2.07. The average Bonchev–Trinajstić information content (AvgIpc) is 2.75. The highest BCUT2D eigenvalue weighted by atomic mass is 35.5. The second kappa shape index (κ2) is 6.49. The van der Waals surface area contributed by atoms with Gasteiger partial charge in [-0.15, -0.1) is 0 Å². The smallest absolute Gasteiger partial charge is 0.158 e. The van der Waals surface area contributed by atoms with Crippen LogP contribution in [0.25, 0.3) is 0 Å². The highest BCUT2D eigenvalue weighted by Crippen LogP contribution is 2.12. The van der Waals surface area contributed by atoms with Crippen LogP contribution in [0.1, 0.15) is 11.6 Å². The van der Waals surface area contributed by atoms with E-state index in [9.17, 15) is 0 Å². The van der Waals surface area contributed by atoms with Crippen LogP contribution in [0.15, 0.2) is 18.5 Å². The SMILES string of the molecule is COCc1nc(Cl)cc(NCCc2nccn2C)n1. The molecule has 0 amide bonds. The lowest BCUT2D eigenvalue weighted by atomic mass is 10.4. The Morgan fingerprint density at radius 2 is 2.26 bits per heavy atom. The highest BCUT2D eigenvalue weighted by Gasteiger charge is 2.04. The fraction of sp³-hybridized carbons (Fsp3) is 0.417. The molecular weight excluding hydrogens is 266 g/mol. The van der Waals surface area contributed by atoms with Crippen LogP contribution >= 0.6 is 11.6 Å². The van der Waals surface area contributed by atoms with Crippen LogP contribution in [0.2, 0.25) is 5.15 Å². The van der Waals surface area contributed by atoms with E-state index in [-0.39, 0.29) is 0 Å². The summed E-state index contributed by atoms with van der Waals surface area (Å²) in [7, 11) is 3.57. The molecule has 0 atom stereocenters. The van der Waals surface area contributed by atoms with Crippen molar-refractivity contribution in [1.82, 2.24) is 19.5 Å². The molecule has 2 heterocycles. The van der Waals surface area contributed by atoms with Gasteiger partial charge < -0.3 is 14.6 Å². The third-order valence-electron chi connectivity index (χ3n) is 2.59. The Hall–Kier alpha value is -1.66. The van der Waals surface area contributed by atoms with E-state index in [0.717, 1.165) is 18.8 Å². The van der Waals surface area contributed by atoms with E-state index in [2.05, 4.69) is 20.3 Å². The lowest BCUT2D eigenvalue weighted by molar-refractivity contribution is 0.178. The molecule has 0 aliphatic heterocycles. The van der Waals surface area contributed by atoms with Crippen LogP contribution in [-0.4, -0.2) is 33.2 Å². The summed E-state index contributed by atoms with van der Waals surface area (Å²) in [6, 6.07) is 1.69. The summed E-state index contributed by atoms with van der Waals surface area (Å²) in [5.74, 6) is 2.28. The van der Waals surface area contributed by atoms with E-state index < -0.39 is 0 Å². The molecular formula is C12H16ClN5O. The molecule has 1 N–H and O–H groups in total. The number of nitrogens with zero attached hydrogens (tertiary/aromatic N) is 4. The number of hydrogen-bond donors (Lipinski definition) is 1. The molecule has 19 heavy (non-hydrogen) atoms. The predicted octanol–water partition coefficient (Wildman–Crippen LogP) is 1.66. The van der Waals surface area contributed by atoms with Gasteiger partial charge >= 0.3 is 0 Å². The third-order valence-corrected chi connectivity index (χ3v) is 2.78. The molecule has 6 nitrogen and oxygen atoms in total. The molecule has 0 aliphatic rings. The second-order valence-corrected chi connectivity index (χ2v) is 4.44. The van der Waals surface area contributed by atoms with Crippen LogP contribution in [0.5, 0.6) is 0 Å². The molecule has 0 unspecified atom stereocenters. The first-order valence-corrected chi connectivity index (χ1v) is 6.29. The van der Waals surface area contributed by atoms with Crippen LogP contribution in [0, 0.1) is 0 Å². The van der Waals surface area contributed by atoms with Gasteiger partial charge in [-0.25, -0.2) is 15.0 Å². The van der Waals surface area contributed by atoms with Gasteiger partial charge in [0.05, 0.1) is 0 Å². The van der Waals surface area contributed by atoms with Crippen LogP contribution in [-0.2, 0) is 24.8 Å². The van der Waals surface area contributed by atoms with E-state index in [1.165, 1.54) is 0 Å². The van der Waals surface area contributed by atoms with E-state index >= 15 is 0 Å². The van der Waals surface area contributed by atoms with Crippen LogP contribution < -0.4 is 5.32 Å². The number of anilines is 1. The van der Waals surface area contributed by atoms with Crippen molar-refractivity contribution in [2.45, 2.75) is 13.0 Å². The Kier molecular flexibility index (Phi) is 4.70. The maximum Gasteiger partial charge on any atom is 0.158 e. The minimum Gasteiger partial charge on any atom is -0.377 e. The summed E-state index contributed by atoms with van der Waals surface area (Å²) in [6.45, 7) is 1.07. The molecule has 0 bridgehead atoms. The van der Waals surface area contributed by atoms with Gasteiger partial charge in [0, 0.05) is 45.6 Å². The first-order chi connectivity index (χ1) is 9.19. The molecule has 0 fully saturated rings. The minimum atomic E-state index is 0.342. The molecule has 102 valence electrons. The van der Waals surface area contributed by atoms with Gasteiger partial charge in [0.2, 0.25) is 0 Å². The quantitative estimate of drug-likeness (QED) is 0.816. The number of rotatable bonds is 6. The van der Waals surface area contributed by atoms with Gasteiger partial charge in [-0.1, -0.05) is 11.6 Å². The molecule has 7 heteroatoms. The summed E-state index contributed by atoms with van der Waals surface area (Å²) in [4.78, 5) is 12.6. The molecule has 0 radical (unpaired) electrons. The molecule has 2 aromatic rings. The van der Waals surface area contributed by atoms with Crippen molar-refractivity contribution in [3.63, 3.8) is 0 Å². The van der Waals surface area contributed by atoms with E-state index in [1.54, 1.807) is 19.4 Å². The van der Waals surface area contributed by atoms with Crippen molar-refractivity contribution >= 4 is 17.4 Å².